The molecule has 4 heterocycles. The van der Waals surface area contributed by atoms with Crippen LogP contribution < -0.4 is 5.32 Å². The number of nitrogens with one attached hydrogen (secondary N) is 1. The van der Waals surface area contributed by atoms with Crippen molar-refractivity contribution in [3.63, 3.8) is 0 Å². The quantitative estimate of drug-likeness (QED) is 0.439. The van der Waals surface area contributed by atoms with Crippen LogP contribution in [0.5, 0.6) is 0 Å². The third-order valence-corrected chi connectivity index (χ3v) is 7.03. The molecule has 6 heteroatoms. The first kappa shape index (κ1) is 20.8. The van der Waals surface area contributed by atoms with Crippen LogP contribution in [0.3, 0.4) is 0 Å². The van der Waals surface area contributed by atoms with E-state index in [2.05, 4.69) is 39.6 Å². The minimum Gasteiger partial charge on any atom is -0.348 e. The SMILES string of the molecule is CC(NC(=O)c1cc(-c2ccccn2)nc2ccccc12)C(c1cccs1)N1CCCC1. The molecule has 1 fully saturated rings. The molecule has 1 aromatic carbocycles. The van der Waals surface area contributed by atoms with Crippen molar-refractivity contribution >= 4 is 28.1 Å². The molecule has 1 amide bonds. The molecule has 32 heavy (non-hydrogen) atoms. The minimum atomic E-state index is -0.0750. The molecule has 4 aromatic rings. The van der Waals surface area contributed by atoms with Crippen LogP contribution in [-0.2, 0) is 0 Å². The molecule has 2 atom stereocenters. The molecule has 162 valence electrons. The maximum absolute atomic E-state index is 13.6. The first-order valence-corrected chi connectivity index (χ1v) is 12.0. The number of amides is 1. The van der Waals surface area contributed by atoms with E-state index in [4.69, 9.17) is 4.98 Å². The molecule has 0 saturated carbocycles. The van der Waals surface area contributed by atoms with Crippen LogP contribution in [-0.4, -0.2) is 39.9 Å². The maximum Gasteiger partial charge on any atom is 0.252 e. The number of carbonyl (C=O) groups is 1. The fourth-order valence-corrected chi connectivity index (χ4v) is 5.56. The number of pyridine rings is 2. The Labute approximate surface area is 192 Å². The Bertz CT molecular complexity index is 1200. The second-order valence-electron chi connectivity index (χ2n) is 8.25. The van der Waals surface area contributed by atoms with Gasteiger partial charge >= 0.3 is 0 Å². The highest BCUT2D eigenvalue weighted by atomic mass is 32.1. The Balaban J connectivity index is 1.49. The molecular weight excluding hydrogens is 416 g/mol. The lowest BCUT2D eigenvalue weighted by atomic mass is 10.0. The van der Waals surface area contributed by atoms with E-state index in [-0.39, 0.29) is 18.0 Å². The van der Waals surface area contributed by atoms with E-state index in [1.807, 2.05) is 48.5 Å². The molecule has 3 aromatic heterocycles. The average molecular weight is 443 g/mol. The van der Waals surface area contributed by atoms with Gasteiger partial charge in [-0.05, 0) is 68.6 Å². The Morgan fingerprint density at radius 1 is 1.03 bits per heavy atom. The molecule has 0 spiro atoms. The summed E-state index contributed by atoms with van der Waals surface area (Å²) in [6.45, 7) is 4.26. The first-order valence-electron chi connectivity index (χ1n) is 11.1. The second-order valence-corrected chi connectivity index (χ2v) is 9.23. The van der Waals surface area contributed by atoms with Gasteiger partial charge in [-0.25, -0.2) is 4.98 Å². The van der Waals surface area contributed by atoms with E-state index >= 15 is 0 Å². The molecule has 0 radical (unpaired) electrons. The van der Waals surface area contributed by atoms with E-state index in [0.717, 1.165) is 29.7 Å². The standard InChI is InChI=1S/C26H26N4OS/c1-18(25(24-12-8-16-32-24)30-14-6-7-15-30)28-26(31)20-17-23(22-11-4-5-13-27-22)29-21-10-3-2-9-19(20)21/h2-5,8-13,16-18,25H,6-7,14-15H2,1H3,(H,28,31). The molecule has 1 N–H and O–H groups in total. The van der Waals surface area contributed by atoms with Crippen molar-refractivity contribution in [3.05, 3.63) is 82.7 Å². The van der Waals surface area contributed by atoms with Gasteiger partial charge in [0.05, 0.1) is 28.5 Å². The predicted molar refractivity (Wildman–Crippen MR) is 130 cm³/mol. The number of likely N-dealkylation sites (tertiary alicyclic amines) is 1. The van der Waals surface area contributed by atoms with Crippen molar-refractivity contribution in [1.82, 2.24) is 20.2 Å². The molecule has 5 nitrogen and oxygen atoms in total. The number of aromatic nitrogens is 2. The Hall–Kier alpha value is -3.09. The summed E-state index contributed by atoms with van der Waals surface area (Å²) in [5.74, 6) is -0.0750. The zero-order valence-electron chi connectivity index (χ0n) is 18.1. The van der Waals surface area contributed by atoms with Gasteiger partial charge < -0.3 is 5.32 Å². The fourth-order valence-electron chi connectivity index (χ4n) is 4.59. The molecular formula is C26H26N4OS. The zero-order chi connectivity index (χ0) is 21.9. The lowest BCUT2D eigenvalue weighted by Gasteiger charge is -2.32. The maximum atomic E-state index is 13.6. The molecule has 2 unspecified atom stereocenters. The van der Waals surface area contributed by atoms with Gasteiger partial charge in [0.1, 0.15) is 0 Å². The average Bonchev–Trinajstić information content (AvgIpc) is 3.54. The predicted octanol–water partition coefficient (Wildman–Crippen LogP) is 5.31. The minimum absolute atomic E-state index is 0.0236. The second kappa shape index (κ2) is 9.18. The van der Waals surface area contributed by atoms with Gasteiger partial charge in [-0.2, -0.15) is 0 Å². The van der Waals surface area contributed by atoms with Crippen molar-refractivity contribution < 1.29 is 4.79 Å². The normalized spacial score (nSPS) is 16.2. The molecule has 0 aliphatic carbocycles. The van der Waals surface area contributed by atoms with Crippen LogP contribution in [0.1, 0.15) is 41.0 Å². The Morgan fingerprint density at radius 2 is 1.84 bits per heavy atom. The number of fused-ring (bicyclic) bond motifs is 1. The molecule has 5 rings (SSSR count). The van der Waals surface area contributed by atoms with E-state index < -0.39 is 0 Å². The lowest BCUT2D eigenvalue weighted by molar-refractivity contribution is 0.0909. The van der Waals surface area contributed by atoms with E-state index in [0.29, 0.717) is 11.3 Å². The van der Waals surface area contributed by atoms with E-state index in [1.54, 1.807) is 17.5 Å². The van der Waals surface area contributed by atoms with Crippen LogP contribution >= 0.6 is 11.3 Å². The summed E-state index contributed by atoms with van der Waals surface area (Å²) in [5, 5.41) is 6.28. The summed E-state index contributed by atoms with van der Waals surface area (Å²) >= 11 is 1.76. The smallest absolute Gasteiger partial charge is 0.252 e. The number of rotatable bonds is 6. The molecule has 0 bridgehead atoms. The number of para-hydroxylation sites is 1. The van der Waals surface area contributed by atoms with Gasteiger partial charge in [0.15, 0.2) is 0 Å². The van der Waals surface area contributed by atoms with Crippen LogP contribution in [0.25, 0.3) is 22.3 Å². The topological polar surface area (TPSA) is 58.1 Å². The van der Waals surface area contributed by atoms with Crippen molar-refractivity contribution in [3.8, 4) is 11.4 Å². The van der Waals surface area contributed by atoms with Crippen molar-refractivity contribution in [1.29, 1.82) is 0 Å². The fraction of sp³-hybridized carbons (Fsp3) is 0.269. The largest absolute Gasteiger partial charge is 0.348 e. The first-order chi connectivity index (χ1) is 15.7. The third kappa shape index (κ3) is 4.16. The van der Waals surface area contributed by atoms with Gasteiger partial charge in [-0.1, -0.05) is 30.3 Å². The van der Waals surface area contributed by atoms with Crippen LogP contribution in [0.15, 0.2) is 72.2 Å². The number of carbonyl (C=O) groups excluding carboxylic acids is 1. The summed E-state index contributed by atoms with van der Waals surface area (Å²) < 4.78 is 0. The van der Waals surface area contributed by atoms with Gasteiger partial charge in [0, 0.05) is 22.5 Å². The Morgan fingerprint density at radius 3 is 2.59 bits per heavy atom. The molecule has 1 saturated heterocycles. The van der Waals surface area contributed by atoms with E-state index in [1.165, 1.54) is 17.7 Å². The summed E-state index contributed by atoms with van der Waals surface area (Å²) in [6.07, 6.45) is 4.17. The summed E-state index contributed by atoms with van der Waals surface area (Å²) in [6, 6.07) is 19.8. The van der Waals surface area contributed by atoms with Gasteiger partial charge in [-0.15, -0.1) is 11.3 Å². The number of thiophene rings is 1. The highest BCUT2D eigenvalue weighted by molar-refractivity contribution is 7.10. The number of benzene rings is 1. The number of nitrogens with zero attached hydrogens (tertiary/aromatic N) is 3. The monoisotopic (exact) mass is 442 g/mol. The van der Waals surface area contributed by atoms with E-state index in [9.17, 15) is 4.79 Å². The summed E-state index contributed by atoms with van der Waals surface area (Å²) in [4.78, 5) is 26.6. The van der Waals surface area contributed by atoms with Crippen molar-refractivity contribution in [2.45, 2.75) is 31.8 Å². The highest BCUT2D eigenvalue weighted by Gasteiger charge is 2.30. The zero-order valence-corrected chi connectivity index (χ0v) is 18.9. The number of hydrogen-bond donors (Lipinski definition) is 1. The lowest BCUT2D eigenvalue weighted by Crippen LogP contribution is -2.43. The highest BCUT2D eigenvalue weighted by Crippen LogP contribution is 2.32. The van der Waals surface area contributed by atoms with Crippen molar-refractivity contribution in [2.75, 3.05) is 13.1 Å². The van der Waals surface area contributed by atoms with Crippen LogP contribution in [0.4, 0.5) is 0 Å². The van der Waals surface area contributed by atoms with Gasteiger partial charge in [0.2, 0.25) is 0 Å². The van der Waals surface area contributed by atoms with Crippen molar-refractivity contribution in [2.24, 2.45) is 0 Å². The summed E-state index contributed by atoms with van der Waals surface area (Å²) in [7, 11) is 0. The summed E-state index contributed by atoms with van der Waals surface area (Å²) in [5.41, 5.74) is 2.89. The third-order valence-electron chi connectivity index (χ3n) is 6.09. The van der Waals surface area contributed by atoms with Crippen LogP contribution in [0, 0.1) is 0 Å². The molecule has 1 aliphatic heterocycles. The van der Waals surface area contributed by atoms with Gasteiger partial charge in [0.25, 0.3) is 5.91 Å². The van der Waals surface area contributed by atoms with Gasteiger partial charge in [-0.3, -0.25) is 14.7 Å². The van der Waals surface area contributed by atoms with Crippen LogP contribution in [0.2, 0.25) is 0 Å². The Kier molecular flexibility index (Phi) is 5.97. The number of hydrogen-bond acceptors (Lipinski definition) is 5. The molecule has 1 aliphatic rings.